The van der Waals surface area contributed by atoms with Gasteiger partial charge < -0.3 is 4.55 Å². The predicted octanol–water partition coefficient (Wildman–Crippen LogP) is 1.97. The summed E-state index contributed by atoms with van der Waals surface area (Å²) in [5.41, 5.74) is 0. The molecule has 0 fully saturated rings. The molecule has 6 heteroatoms. The van der Waals surface area contributed by atoms with Gasteiger partial charge in [0.1, 0.15) is 0 Å². The third-order valence-electron chi connectivity index (χ3n) is 3.74. The van der Waals surface area contributed by atoms with Crippen molar-refractivity contribution in [2.75, 3.05) is 6.61 Å². The standard InChI is InChI=1S/C17H34O4S.Na/c1-3-5-7-9-10-11-13-15-17(14-12-8-6-4-2)16-21-22(18,19)20;/h12,14,17H,3-11,13,15-16H2,1-2H3,(H,18,19,20);/q;+1/p-1/b14-12+;. The average Bonchev–Trinajstić information content (AvgIpc) is 2.46. The zero-order chi connectivity index (χ0) is 16.7. The van der Waals surface area contributed by atoms with E-state index in [9.17, 15) is 13.0 Å². The molecule has 0 aliphatic heterocycles. The fraction of sp³-hybridized carbons (Fsp3) is 0.882. The van der Waals surface area contributed by atoms with Crippen LogP contribution in [0.15, 0.2) is 12.2 Å². The van der Waals surface area contributed by atoms with Gasteiger partial charge in [-0.2, -0.15) is 0 Å². The molecule has 0 radical (unpaired) electrons. The van der Waals surface area contributed by atoms with E-state index in [-0.39, 0.29) is 42.1 Å². The van der Waals surface area contributed by atoms with Gasteiger partial charge in [-0.1, -0.05) is 83.8 Å². The van der Waals surface area contributed by atoms with Crippen LogP contribution in [0.5, 0.6) is 0 Å². The molecule has 4 nitrogen and oxygen atoms in total. The Morgan fingerprint density at radius 3 is 2.09 bits per heavy atom. The topological polar surface area (TPSA) is 66.4 Å². The van der Waals surface area contributed by atoms with E-state index in [1.807, 2.05) is 6.08 Å². The van der Waals surface area contributed by atoms with E-state index >= 15 is 0 Å². The Balaban J connectivity index is 0. The molecule has 1 unspecified atom stereocenters. The van der Waals surface area contributed by atoms with Crippen molar-refractivity contribution in [3.8, 4) is 0 Å². The second-order valence-corrected chi connectivity index (χ2v) is 6.99. The molecule has 0 aliphatic rings. The third-order valence-corrected chi connectivity index (χ3v) is 4.16. The molecule has 0 saturated heterocycles. The van der Waals surface area contributed by atoms with Crippen LogP contribution in [-0.4, -0.2) is 19.6 Å². The van der Waals surface area contributed by atoms with Crippen LogP contribution in [0, 0.1) is 5.92 Å². The molecule has 0 bridgehead atoms. The molecule has 0 saturated carbocycles. The van der Waals surface area contributed by atoms with E-state index in [1.165, 1.54) is 32.1 Å². The first kappa shape index (κ1) is 25.8. The van der Waals surface area contributed by atoms with E-state index in [1.54, 1.807) is 0 Å². The quantitative estimate of drug-likeness (QED) is 0.148. The molecule has 1 atom stereocenters. The van der Waals surface area contributed by atoms with Gasteiger partial charge >= 0.3 is 29.6 Å². The summed E-state index contributed by atoms with van der Waals surface area (Å²) in [6.07, 6.45) is 16.8. The maximum atomic E-state index is 10.6. The minimum absolute atomic E-state index is 0. The molecule has 0 amide bonds. The van der Waals surface area contributed by atoms with Crippen LogP contribution < -0.4 is 29.6 Å². The Kier molecular flexibility index (Phi) is 19.6. The third kappa shape index (κ3) is 20.6. The monoisotopic (exact) mass is 356 g/mol. The van der Waals surface area contributed by atoms with E-state index in [0.717, 1.165) is 38.5 Å². The second-order valence-electron chi connectivity index (χ2n) is 5.93. The van der Waals surface area contributed by atoms with Crippen molar-refractivity contribution >= 4 is 10.4 Å². The second kappa shape index (κ2) is 17.4. The SMILES string of the molecule is CCCC/C=C/C(CCCCCCCCC)COS(=O)(=O)[O-].[Na+]. The number of rotatable bonds is 15. The Bertz CT molecular complexity index is 369. The van der Waals surface area contributed by atoms with Crippen LogP contribution >= 0.6 is 0 Å². The first-order valence-electron chi connectivity index (χ1n) is 8.76. The summed E-state index contributed by atoms with van der Waals surface area (Å²) >= 11 is 0. The van der Waals surface area contributed by atoms with Crippen LogP contribution in [0.25, 0.3) is 0 Å². The van der Waals surface area contributed by atoms with Gasteiger partial charge in [0.15, 0.2) is 0 Å². The smallest absolute Gasteiger partial charge is 0.726 e. The van der Waals surface area contributed by atoms with E-state index in [2.05, 4.69) is 24.1 Å². The van der Waals surface area contributed by atoms with Gasteiger partial charge in [0.05, 0.1) is 6.61 Å². The zero-order valence-corrected chi connectivity index (χ0v) is 18.1. The number of unbranched alkanes of at least 4 members (excludes halogenated alkanes) is 8. The van der Waals surface area contributed by atoms with Crippen molar-refractivity contribution in [1.82, 2.24) is 0 Å². The Morgan fingerprint density at radius 1 is 0.957 bits per heavy atom. The molecule has 0 heterocycles. The molecule has 0 aliphatic carbocycles. The van der Waals surface area contributed by atoms with Crippen molar-refractivity contribution < 1.29 is 46.7 Å². The molecule has 0 rings (SSSR count). The van der Waals surface area contributed by atoms with Crippen molar-refractivity contribution in [2.45, 2.75) is 84.5 Å². The largest absolute Gasteiger partial charge is 1.00 e. The van der Waals surface area contributed by atoms with E-state index < -0.39 is 10.4 Å². The molecular weight excluding hydrogens is 323 g/mol. The predicted molar refractivity (Wildman–Crippen MR) is 90.4 cm³/mol. The van der Waals surface area contributed by atoms with Gasteiger partial charge in [-0.25, -0.2) is 8.42 Å². The van der Waals surface area contributed by atoms with Gasteiger partial charge in [-0.3, -0.25) is 4.18 Å². The zero-order valence-electron chi connectivity index (χ0n) is 15.3. The Labute approximate surface area is 165 Å². The van der Waals surface area contributed by atoms with Crippen LogP contribution in [0.2, 0.25) is 0 Å². The minimum Gasteiger partial charge on any atom is -0.726 e. The van der Waals surface area contributed by atoms with Crippen molar-refractivity contribution in [3.63, 3.8) is 0 Å². The molecule has 0 aromatic carbocycles. The summed E-state index contributed by atoms with van der Waals surface area (Å²) in [7, 11) is -4.58. The van der Waals surface area contributed by atoms with Crippen molar-refractivity contribution in [3.05, 3.63) is 12.2 Å². The molecular formula is C17H33NaO4S. The molecule has 0 aromatic heterocycles. The van der Waals surface area contributed by atoms with Crippen molar-refractivity contribution in [2.24, 2.45) is 5.92 Å². The van der Waals surface area contributed by atoms with Crippen LogP contribution in [0.3, 0.4) is 0 Å². The van der Waals surface area contributed by atoms with Gasteiger partial charge in [0.25, 0.3) is 0 Å². The maximum absolute atomic E-state index is 10.6. The van der Waals surface area contributed by atoms with Crippen LogP contribution in [0.1, 0.15) is 84.5 Å². The first-order chi connectivity index (χ1) is 10.5. The van der Waals surface area contributed by atoms with Crippen LogP contribution in [0.4, 0.5) is 0 Å². The first-order valence-corrected chi connectivity index (χ1v) is 10.1. The maximum Gasteiger partial charge on any atom is 1.00 e. The number of hydrogen-bond acceptors (Lipinski definition) is 4. The molecule has 0 spiro atoms. The number of allylic oxidation sites excluding steroid dienone is 1. The summed E-state index contributed by atoms with van der Waals surface area (Å²) in [6, 6.07) is 0. The van der Waals surface area contributed by atoms with Gasteiger partial charge in [0.2, 0.25) is 10.4 Å². The average molecular weight is 357 g/mol. The van der Waals surface area contributed by atoms with Crippen molar-refractivity contribution in [1.29, 1.82) is 0 Å². The van der Waals surface area contributed by atoms with Gasteiger partial charge in [-0.15, -0.1) is 0 Å². The van der Waals surface area contributed by atoms with Gasteiger partial charge in [0, 0.05) is 5.92 Å². The summed E-state index contributed by atoms with van der Waals surface area (Å²) < 4.78 is 36.2. The summed E-state index contributed by atoms with van der Waals surface area (Å²) in [5.74, 6) is 0.0243. The molecule has 132 valence electrons. The van der Waals surface area contributed by atoms with Crippen LogP contribution in [-0.2, 0) is 14.6 Å². The van der Waals surface area contributed by atoms with E-state index in [0.29, 0.717) is 0 Å². The summed E-state index contributed by atoms with van der Waals surface area (Å²) in [6.45, 7) is 4.32. The fourth-order valence-corrected chi connectivity index (χ4v) is 2.72. The van der Waals surface area contributed by atoms with Gasteiger partial charge in [-0.05, 0) is 12.8 Å². The molecule has 0 N–H and O–H groups in total. The fourth-order valence-electron chi connectivity index (χ4n) is 2.38. The normalized spacial score (nSPS) is 13.2. The Hall–Kier alpha value is 0.610. The minimum atomic E-state index is -4.58. The number of hydrogen-bond donors (Lipinski definition) is 0. The molecule has 0 aromatic rings. The van der Waals surface area contributed by atoms with E-state index in [4.69, 9.17) is 0 Å². The summed E-state index contributed by atoms with van der Waals surface area (Å²) in [5, 5.41) is 0. The molecule has 23 heavy (non-hydrogen) atoms. The summed E-state index contributed by atoms with van der Waals surface area (Å²) in [4.78, 5) is 0. The Morgan fingerprint density at radius 2 is 1.52 bits per heavy atom.